The smallest absolute Gasteiger partial charge is 0.143 e. The molecule has 0 aromatic heterocycles. The van der Waals surface area contributed by atoms with E-state index in [4.69, 9.17) is 0 Å². The quantitative estimate of drug-likeness (QED) is 0.176. The fourth-order valence-corrected chi connectivity index (χ4v) is 12.5. The van der Waals surface area contributed by atoms with Crippen LogP contribution in [-0.2, 0) is 4.57 Å². The summed E-state index contributed by atoms with van der Waals surface area (Å²) in [6.07, 6.45) is 6.96. The summed E-state index contributed by atoms with van der Waals surface area (Å²) in [5.41, 5.74) is 0.470. The van der Waals surface area contributed by atoms with Gasteiger partial charge in [0, 0.05) is 16.8 Å². The third-order valence-corrected chi connectivity index (χ3v) is 14.7. The van der Waals surface area contributed by atoms with Gasteiger partial charge in [0.05, 0.1) is 8.07 Å². The maximum Gasteiger partial charge on any atom is 0.143 e. The van der Waals surface area contributed by atoms with Crippen molar-refractivity contribution in [1.29, 1.82) is 0 Å². The van der Waals surface area contributed by atoms with Gasteiger partial charge in [-0.3, -0.25) is 0 Å². The van der Waals surface area contributed by atoms with Gasteiger partial charge in [-0.15, -0.1) is 0 Å². The average Bonchev–Trinajstić information content (AvgIpc) is 2.82. The Kier molecular flexibility index (Phi) is 8.52. The lowest BCUT2D eigenvalue weighted by atomic mass is 10.1. The lowest BCUT2D eigenvalue weighted by molar-refractivity contribution is 0.578. The molecule has 0 heterocycles. The van der Waals surface area contributed by atoms with Crippen molar-refractivity contribution in [3.8, 4) is 0 Å². The minimum Gasteiger partial charge on any atom is -0.314 e. The summed E-state index contributed by atoms with van der Waals surface area (Å²) >= 11 is 0. The zero-order valence-corrected chi connectivity index (χ0v) is 21.2. The summed E-state index contributed by atoms with van der Waals surface area (Å²) < 4.78 is 14.8. The highest BCUT2D eigenvalue weighted by atomic mass is 31.2. The predicted molar refractivity (Wildman–Crippen MR) is 141 cm³/mol. The highest BCUT2D eigenvalue weighted by Gasteiger charge is 2.39. The standard InChI is InChI=1S/C28H37OPSi/c1-4-5-6-14-23-28(31(2,3)27-21-15-9-16-22-27)24-30(29,25-17-10-7-11-18-25)26-19-12-8-13-20-26/h7-13,15-22,28H,4-6,14,23-24H2,1-3H3/t28-/m0/s1. The van der Waals surface area contributed by atoms with E-state index in [2.05, 4.69) is 74.6 Å². The van der Waals surface area contributed by atoms with Crippen LogP contribution in [0.5, 0.6) is 0 Å². The first-order chi connectivity index (χ1) is 15.0. The number of hydrogen-bond donors (Lipinski definition) is 0. The molecule has 0 bridgehead atoms. The molecule has 0 fully saturated rings. The minimum atomic E-state index is -2.72. The summed E-state index contributed by atoms with van der Waals surface area (Å²) in [7, 11) is -4.53. The van der Waals surface area contributed by atoms with Gasteiger partial charge in [-0.25, -0.2) is 0 Å². The second kappa shape index (κ2) is 11.1. The second-order valence-electron chi connectivity index (χ2n) is 9.23. The van der Waals surface area contributed by atoms with E-state index in [0.29, 0.717) is 5.54 Å². The molecule has 3 rings (SSSR count). The van der Waals surface area contributed by atoms with Crippen molar-refractivity contribution in [3.05, 3.63) is 91.0 Å². The van der Waals surface area contributed by atoms with E-state index >= 15 is 0 Å². The zero-order chi connectivity index (χ0) is 22.2. The topological polar surface area (TPSA) is 17.1 Å². The number of unbranched alkanes of at least 4 members (excludes halogenated alkanes) is 3. The Hall–Kier alpha value is -1.89. The zero-order valence-electron chi connectivity index (χ0n) is 19.3. The molecule has 0 amide bonds. The first kappa shape index (κ1) is 23.8. The Morgan fingerprint density at radius 3 is 1.68 bits per heavy atom. The highest BCUT2D eigenvalue weighted by Crippen LogP contribution is 2.49. The van der Waals surface area contributed by atoms with Crippen molar-refractivity contribution in [2.75, 3.05) is 6.16 Å². The molecule has 0 unspecified atom stereocenters. The van der Waals surface area contributed by atoms with Crippen LogP contribution < -0.4 is 15.8 Å². The summed E-state index contributed by atoms with van der Waals surface area (Å²) in [4.78, 5) is 0. The molecule has 0 saturated carbocycles. The van der Waals surface area contributed by atoms with Gasteiger partial charge in [-0.05, 0) is 5.54 Å². The van der Waals surface area contributed by atoms with Gasteiger partial charge < -0.3 is 4.57 Å². The summed E-state index contributed by atoms with van der Waals surface area (Å²) in [6, 6.07) is 31.4. The van der Waals surface area contributed by atoms with Crippen LogP contribution in [0.3, 0.4) is 0 Å². The van der Waals surface area contributed by atoms with Gasteiger partial charge in [0.25, 0.3) is 0 Å². The normalized spacial score (nSPS) is 13.1. The Morgan fingerprint density at radius 1 is 0.710 bits per heavy atom. The fraction of sp³-hybridized carbons (Fsp3) is 0.357. The van der Waals surface area contributed by atoms with Crippen LogP contribution in [0.1, 0.15) is 39.0 Å². The molecule has 1 nitrogen and oxygen atoms in total. The maximum absolute atomic E-state index is 14.8. The van der Waals surface area contributed by atoms with Gasteiger partial charge in [0.15, 0.2) is 0 Å². The van der Waals surface area contributed by atoms with Gasteiger partial charge in [0.1, 0.15) is 7.14 Å². The average molecular weight is 449 g/mol. The lowest BCUT2D eigenvalue weighted by Gasteiger charge is -2.36. The predicted octanol–water partition coefficient (Wildman–Crippen LogP) is 6.96. The molecule has 0 aliphatic rings. The molecule has 0 saturated heterocycles. The third kappa shape index (κ3) is 5.87. The van der Waals surface area contributed by atoms with E-state index < -0.39 is 15.2 Å². The van der Waals surface area contributed by atoms with Crippen molar-refractivity contribution in [3.63, 3.8) is 0 Å². The Balaban J connectivity index is 2.01. The molecule has 3 aromatic carbocycles. The maximum atomic E-state index is 14.8. The summed E-state index contributed by atoms with van der Waals surface area (Å²) in [5, 5.41) is 3.47. The minimum absolute atomic E-state index is 0.470. The molecule has 0 radical (unpaired) electrons. The molecule has 3 aromatic rings. The Morgan fingerprint density at radius 2 is 1.19 bits per heavy atom. The van der Waals surface area contributed by atoms with Crippen molar-refractivity contribution < 1.29 is 4.57 Å². The van der Waals surface area contributed by atoms with E-state index in [9.17, 15) is 4.57 Å². The van der Waals surface area contributed by atoms with Crippen LogP contribution in [-0.4, -0.2) is 14.2 Å². The van der Waals surface area contributed by atoms with Crippen LogP contribution in [0, 0.1) is 0 Å². The molecule has 3 heteroatoms. The summed E-state index contributed by atoms with van der Waals surface area (Å²) in [6.45, 7) is 7.22. The van der Waals surface area contributed by atoms with E-state index in [-0.39, 0.29) is 0 Å². The second-order valence-corrected chi connectivity index (χ2v) is 16.9. The molecule has 0 N–H and O–H groups in total. The van der Waals surface area contributed by atoms with Crippen LogP contribution >= 0.6 is 7.14 Å². The number of hydrogen-bond acceptors (Lipinski definition) is 1. The Labute approximate surface area is 190 Å². The number of benzene rings is 3. The van der Waals surface area contributed by atoms with Crippen LogP contribution in [0.2, 0.25) is 18.6 Å². The van der Waals surface area contributed by atoms with E-state index in [0.717, 1.165) is 23.2 Å². The molecule has 0 aliphatic carbocycles. The van der Waals surface area contributed by atoms with Gasteiger partial charge in [0.2, 0.25) is 0 Å². The molecule has 1 atom stereocenters. The first-order valence-electron chi connectivity index (χ1n) is 11.7. The first-order valence-corrected chi connectivity index (χ1v) is 16.7. The molecule has 164 valence electrons. The fourth-order valence-electron chi connectivity index (χ4n) is 4.61. The Bertz CT molecular complexity index is 911. The molecular weight excluding hydrogens is 411 g/mol. The van der Waals surface area contributed by atoms with Crippen LogP contribution in [0.25, 0.3) is 0 Å². The molecule has 0 spiro atoms. The van der Waals surface area contributed by atoms with Crippen LogP contribution in [0.4, 0.5) is 0 Å². The van der Waals surface area contributed by atoms with Crippen molar-refractivity contribution in [2.45, 2.75) is 57.7 Å². The van der Waals surface area contributed by atoms with Gasteiger partial charge in [-0.2, -0.15) is 0 Å². The molecule has 31 heavy (non-hydrogen) atoms. The molecular formula is C28H37OPSi. The number of rotatable bonds is 11. The lowest BCUT2D eigenvalue weighted by Crippen LogP contribution is -2.47. The largest absolute Gasteiger partial charge is 0.314 e. The van der Waals surface area contributed by atoms with Crippen molar-refractivity contribution >= 4 is 31.0 Å². The van der Waals surface area contributed by atoms with E-state index in [1.54, 1.807) is 0 Å². The van der Waals surface area contributed by atoms with Crippen LogP contribution in [0.15, 0.2) is 91.0 Å². The third-order valence-electron chi connectivity index (χ3n) is 6.77. The van der Waals surface area contributed by atoms with E-state index in [1.807, 2.05) is 36.4 Å². The van der Waals surface area contributed by atoms with Gasteiger partial charge in [-0.1, -0.05) is 148 Å². The SMILES string of the molecule is CCCCCC[C@@H](CP(=O)(c1ccccc1)c1ccccc1)[Si](C)(C)c1ccccc1. The highest BCUT2D eigenvalue weighted by molar-refractivity contribution is 7.78. The van der Waals surface area contributed by atoms with Crippen molar-refractivity contribution in [1.82, 2.24) is 0 Å². The van der Waals surface area contributed by atoms with Gasteiger partial charge >= 0.3 is 0 Å². The summed E-state index contributed by atoms with van der Waals surface area (Å²) in [5.74, 6) is 0. The molecule has 0 aliphatic heterocycles. The van der Waals surface area contributed by atoms with Crippen molar-refractivity contribution in [2.24, 2.45) is 0 Å². The van der Waals surface area contributed by atoms with E-state index in [1.165, 1.54) is 30.9 Å². The monoisotopic (exact) mass is 448 g/mol.